The monoisotopic (exact) mass is 400 g/mol. The summed E-state index contributed by atoms with van der Waals surface area (Å²) in [5.41, 5.74) is 4.98. The Bertz CT molecular complexity index is 986. The fourth-order valence-corrected chi connectivity index (χ4v) is 4.09. The second-order valence-corrected chi connectivity index (χ2v) is 7.49. The van der Waals surface area contributed by atoms with Crippen LogP contribution < -0.4 is 16.4 Å². The van der Waals surface area contributed by atoms with Gasteiger partial charge in [0, 0.05) is 15.7 Å². The molecule has 0 fully saturated rings. The van der Waals surface area contributed by atoms with Crippen LogP contribution in [0.1, 0.15) is 19.4 Å². The van der Waals surface area contributed by atoms with Crippen molar-refractivity contribution in [1.82, 2.24) is 5.32 Å². The molecule has 3 heterocycles. The topological polar surface area (TPSA) is 117 Å². The Labute approximate surface area is 151 Å². The van der Waals surface area contributed by atoms with E-state index in [4.69, 9.17) is 10.5 Å². The first-order chi connectivity index (χ1) is 11.7. The van der Waals surface area contributed by atoms with Crippen molar-refractivity contribution in [1.29, 1.82) is 5.26 Å². The van der Waals surface area contributed by atoms with Gasteiger partial charge in [-0.15, -0.1) is 0 Å². The maximum atomic E-state index is 13.1. The predicted molar refractivity (Wildman–Crippen MR) is 91.6 cm³/mol. The summed E-state index contributed by atoms with van der Waals surface area (Å²) in [6.45, 7) is 3.40. The van der Waals surface area contributed by atoms with E-state index in [9.17, 15) is 14.9 Å². The van der Waals surface area contributed by atoms with E-state index < -0.39 is 22.9 Å². The first kappa shape index (κ1) is 15.7. The van der Waals surface area contributed by atoms with Crippen LogP contribution in [0.3, 0.4) is 0 Å². The number of cyclic esters (lactones) is 1. The average Bonchev–Trinajstić information content (AvgIpc) is 2.92. The van der Waals surface area contributed by atoms with Crippen LogP contribution in [0.15, 0.2) is 45.3 Å². The number of nitriles is 1. The van der Waals surface area contributed by atoms with Gasteiger partial charge >= 0.3 is 5.97 Å². The first-order valence-electron chi connectivity index (χ1n) is 7.51. The quantitative estimate of drug-likeness (QED) is 0.568. The van der Waals surface area contributed by atoms with E-state index in [1.165, 1.54) is 0 Å². The Morgan fingerprint density at radius 1 is 1.28 bits per heavy atom. The molecule has 4 rings (SSSR count). The van der Waals surface area contributed by atoms with Crippen molar-refractivity contribution in [2.24, 2.45) is 5.73 Å². The Morgan fingerprint density at radius 3 is 2.68 bits per heavy atom. The van der Waals surface area contributed by atoms with Gasteiger partial charge in [0.25, 0.3) is 0 Å². The molecule has 4 N–H and O–H groups in total. The summed E-state index contributed by atoms with van der Waals surface area (Å²) in [6, 6.07) is 7.21. The largest absolute Gasteiger partial charge is 0.450 e. The van der Waals surface area contributed by atoms with Crippen molar-refractivity contribution >= 4 is 33.5 Å². The number of hydrogen-bond acceptors (Lipinski definition) is 6. The van der Waals surface area contributed by atoms with Crippen molar-refractivity contribution in [2.75, 3.05) is 5.32 Å². The van der Waals surface area contributed by atoms with Gasteiger partial charge in [-0.2, -0.15) is 5.26 Å². The maximum Gasteiger partial charge on any atom is 0.338 e. The smallest absolute Gasteiger partial charge is 0.338 e. The van der Waals surface area contributed by atoms with E-state index in [-0.39, 0.29) is 17.0 Å². The second-order valence-electron chi connectivity index (χ2n) is 6.57. The molecule has 1 amide bonds. The van der Waals surface area contributed by atoms with E-state index >= 15 is 0 Å². The zero-order chi connectivity index (χ0) is 18.1. The second kappa shape index (κ2) is 4.64. The summed E-state index contributed by atoms with van der Waals surface area (Å²) in [7, 11) is 0. The van der Waals surface area contributed by atoms with Gasteiger partial charge in [0.15, 0.2) is 0 Å². The fraction of sp³-hybridized carbons (Fsp3) is 0.235. The lowest BCUT2D eigenvalue weighted by molar-refractivity contribution is -0.145. The molecule has 0 saturated carbocycles. The van der Waals surface area contributed by atoms with E-state index in [0.717, 1.165) is 0 Å². The van der Waals surface area contributed by atoms with Crippen LogP contribution in [0.4, 0.5) is 5.69 Å². The number of nitrogens with zero attached hydrogens (tertiary/aromatic N) is 1. The van der Waals surface area contributed by atoms with E-state index in [1.54, 1.807) is 32.0 Å². The predicted octanol–water partition coefficient (Wildman–Crippen LogP) is 1.53. The molecule has 25 heavy (non-hydrogen) atoms. The molecule has 0 aromatic heterocycles. The molecule has 0 saturated heterocycles. The third kappa shape index (κ3) is 1.73. The number of dihydropyridines is 1. The highest BCUT2D eigenvalue weighted by Gasteiger charge is 2.63. The molecule has 1 atom stereocenters. The highest BCUT2D eigenvalue weighted by atomic mass is 79.9. The number of fused-ring (bicyclic) bond motifs is 3. The maximum absolute atomic E-state index is 13.1. The number of amides is 1. The number of hydrogen-bond donors (Lipinski definition) is 3. The minimum atomic E-state index is -1.62. The minimum Gasteiger partial charge on any atom is -0.450 e. The van der Waals surface area contributed by atoms with E-state index in [0.29, 0.717) is 21.4 Å². The lowest BCUT2D eigenvalue weighted by Crippen LogP contribution is -2.48. The zero-order valence-electron chi connectivity index (χ0n) is 13.4. The third-order valence-corrected chi connectivity index (χ3v) is 5.26. The third-order valence-electron chi connectivity index (χ3n) is 4.77. The van der Waals surface area contributed by atoms with Crippen molar-refractivity contribution in [3.63, 3.8) is 0 Å². The first-order valence-corrected chi connectivity index (χ1v) is 8.30. The average molecular weight is 401 g/mol. The summed E-state index contributed by atoms with van der Waals surface area (Å²) >= 11 is 3.38. The summed E-state index contributed by atoms with van der Waals surface area (Å²) < 4.78 is 6.17. The molecule has 0 bridgehead atoms. The molecular formula is C17H13BrN4O3. The number of anilines is 1. The number of ether oxygens (including phenoxy) is 1. The Hall–Kier alpha value is -2.79. The summed E-state index contributed by atoms with van der Waals surface area (Å²) in [6.07, 6.45) is 0. The molecule has 3 aliphatic heterocycles. The van der Waals surface area contributed by atoms with Gasteiger partial charge in [-0.3, -0.25) is 4.79 Å². The van der Waals surface area contributed by atoms with Crippen LogP contribution in [0.2, 0.25) is 0 Å². The Balaban J connectivity index is 2.16. The Morgan fingerprint density at radius 2 is 2.00 bits per heavy atom. The molecule has 1 aromatic rings. The van der Waals surface area contributed by atoms with Gasteiger partial charge in [0.2, 0.25) is 5.91 Å². The number of halogens is 1. The van der Waals surface area contributed by atoms with Crippen molar-refractivity contribution in [3.8, 4) is 6.07 Å². The Kier molecular flexibility index (Phi) is 2.92. The summed E-state index contributed by atoms with van der Waals surface area (Å²) in [5, 5.41) is 15.4. The number of carbonyl (C=O) groups excluding carboxylic acids is 2. The van der Waals surface area contributed by atoms with Crippen molar-refractivity contribution < 1.29 is 14.3 Å². The van der Waals surface area contributed by atoms with Crippen molar-refractivity contribution in [2.45, 2.75) is 24.9 Å². The molecule has 0 unspecified atom stereocenters. The standard InChI is InChI=1S/C17H13BrN4O3/c1-16(2)12-11(14(23)25-16)17(9(6-19)13(20)22-12)8-5-7(18)3-4-10(8)21-15(17)24/h3-5,22H,20H2,1-2H3,(H,21,24)/t17-/m0/s1. The summed E-state index contributed by atoms with van der Waals surface area (Å²) in [4.78, 5) is 25.8. The van der Waals surface area contributed by atoms with E-state index in [1.807, 2.05) is 6.07 Å². The van der Waals surface area contributed by atoms with E-state index in [2.05, 4.69) is 26.6 Å². The molecule has 0 radical (unpaired) electrons. The number of carbonyl (C=O) groups is 2. The normalized spacial score (nSPS) is 26.0. The van der Waals surface area contributed by atoms with Crippen LogP contribution in [0.25, 0.3) is 0 Å². The summed E-state index contributed by atoms with van der Waals surface area (Å²) in [5.74, 6) is -1.10. The molecule has 8 heteroatoms. The van der Waals surface area contributed by atoms with Gasteiger partial charge in [-0.1, -0.05) is 15.9 Å². The number of nitrogens with two attached hydrogens (primary N) is 1. The van der Waals surface area contributed by atoms with Gasteiger partial charge in [0.1, 0.15) is 22.9 Å². The molecule has 7 nitrogen and oxygen atoms in total. The van der Waals surface area contributed by atoms with Crippen LogP contribution >= 0.6 is 15.9 Å². The number of nitrogens with one attached hydrogen (secondary N) is 2. The molecule has 1 aromatic carbocycles. The fourth-order valence-electron chi connectivity index (χ4n) is 3.73. The van der Waals surface area contributed by atoms with Crippen LogP contribution in [0.5, 0.6) is 0 Å². The van der Waals surface area contributed by atoms with Crippen LogP contribution in [0, 0.1) is 11.3 Å². The lowest BCUT2D eigenvalue weighted by atomic mass is 9.67. The molecule has 3 aliphatic rings. The van der Waals surface area contributed by atoms with Gasteiger partial charge in [-0.25, -0.2) is 4.79 Å². The molecule has 1 spiro atoms. The number of rotatable bonds is 0. The number of esters is 1. The highest BCUT2D eigenvalue weighted by Crippen LogP contribution is 2.54. The number of benzene rings is 1. The van der Waals surface area contributed by atoms with Gasteiger partial charge in [0.05, 0.1) is 16.8 Å². The lowest BCUT2D eigenvalue weighted by Gasteiger charge is -2.34. The minimum absolute atomic E-state index is 0.0183. The highest BCUT2D eigenvalue weighted by molar-refractivity contribution is 9.10. The van der Waals surface area contributed by atoms with Crippen molar-refractivity contribution in [3.05, 3.63) is 50.9 Å². The molecular weight excluding hydrogens is 388 g/mol. The molecule has 0 aliphatic carbocycles. The SMILES string of the molecule is CC1(C)OC(=O)C2=C1NC(N)=C(C#N)[C@]21C(=O)Nc2ccc(Br)cc21. The van der Waals surface area contributed by atoms with Crippen LogP contribution in [-0.4, -0.2) is 17.5 Å². The molecule has 126 valence electrons. The van der Waals surface area contributed by atoms with Crippen LogP contribution in [-0.2, 0) is 19.7 Å². The van der Waals surface area contributed by atoms with Gasteiger partial charge < -0.3 is 21.1 Å². The zero-order valence-corrected chi connectivity index (χ0v) is 14.9. The van der Waals surface area contributed by atoms with Gasteiger partial charge in [-0.05, 0) is 32.0 Å².